The number of rotatable bonds is 3. The summed E-state index contributed by atoms with van der Waals surface area (Å²) in [6.45, 7) is 6.06. The molecule has 4 rings (SSSR count). The van der Waals surface area contributed by atoms with E-state index in [4.69, 9.17) is 4.74 Å². The van der Waals surface area contributed by atoms with Crippen LogP contribution in [0.5, 0.6) is 0 Å². The van der Waals surface area contributed by atoms with Crippen molar-refractivity contribution in [1.82, 2.24) is 24.5 Å². The largest absolute Gasteiger partial charge is 0.370 e. The van der Waals surface area contributed by atoms with Crippen molar-refractivity contribution in [3.05, 3.63) is 33.8 Å². The summed E-state index contributed by atoms with van der Waals surface area (Å²) in [5.74, 6) is 0.672. The van der Waals surface area contributed by atoms with Crippen LogP contribution in [0.4, 0.5) is 0 Å². The van der Waals surface area contributed by atoms with Crippen LogP contribution in [0.15, 0.2) is 27.7 Å². The number of piperidine rings is 1. The van der Waals surface area contributed by atoms with E-state index in [9.17, 15) is 9.59 Å². The number of amides is 1. The van der Waals surface area contributed by atoms with Gasteiger partial charge in [-0.2, -0.15) is 9.50 Å². The van der Waals surface area contributed by atoms with E-state index in [1.807, 2.05) is 4.90 Å². The molecular formula is C18H23N5O3S. The number of fused-ring (bicyclic) bond motifs is 1. The fourth-order valence-corrected chi connectivity index (χ4v) is 4.41. The molecule has 0 aliphatic carbocycles. The van der Waals surface area contributed by atoms with Crippen LogP contribution in [0.3, 0.4) is 0 Å². The highest BCUT2D eigenvalue weighted by atomic mass is 32.2. The predicted octanol–water partition coefficient (Wildman–Crippen LogP) is 1.55. The molecule has 1 N–H and O–H groups in total. The summed E-state index contributed by atoms with van der Waals surface area (Å²) in [5.41, 5.74) is 1.60. The Morgan fingerprint density at radius 3 is 2.85 bits per heavy atom. The van der Waals surface area contributed by atoms with E-state index >= 15 is 0 Å². The van der Waals surface area contributed by atoms with Gasteiger partial charge in [-0.05, 0) is 33.1 Å². The highest BCUT2D eigenvalue weighted by Crippen LogP contribution is 2.33. The molecule has 0 radical (unpaired) electrons. The number of aromatic amines is 1. The Morgan fingerprint density at radius 2 is 2.11 bits per heavy atom. The number of hydrogen-bond acceptors (Lipinski definition) is 6. The molecule has 0 aromatic carbocycles. The smallest absolute Gasteiger partial charge is 0.274 e. The van der Waals surface area contributed by atoms with Crippen molar-refractivity contribution in [2.45, 2.75) is 43.9 Å². The third-order valence-electron chi connectivity index (χ3n) is 5.13. The van der Waals surface area contributed by atoms with Gasteiger partial charge in [0.15, 0.2) is 5.16 Å². The second-order valence-electron chi connectivity index (χ2n) is 7.22. The van der Waals surface area contributed by atoms with E-state index in [0.717, 1.165) is 25.9 Å². The van der Waals surface area contributed by atoms with Gasteiger partial charge >= 0.3 is 0 Å². The Morgan fingerprint density at radius 1 is 1.33 bits per heavy atom. The van der Waals surface area contributed by atoms with Gasteiger partial charge in [0.2, 0.25) is 5.91 Å². The predicted molar refractivity (Wildman–Crippen MR) is 102 cm³/mol. The molecule has 2 aromatic heterocycles. The monoisotopic (exact) mass is 389 g/mol. The van der Waals surface area contributed by atoms with Gasteiger partial charge in [-0.25, -0.2) is 4.98 Å². The molecule has 1 fully saturated rings. The second kappa shape index (κ2) is 7.12. The number of nitrogens with one attached hydrogen (secondary N) is 1. The number of nitrogens with zero attached hydrogens (tertiary/aromatic N) is 4. The average molecular weight is 389 g/mol. The Labute approximate surface area is 161 Å². The maximum absolute atomic E-state index is 12.6. The molecule has 1 amide bonds. The highest BCUT2D eigenvalue weighted by Gasteiger charge is 2.36. The first-order valence-electron chi connectivity index (χ1n) is 9.13. The van der Waals surface area contributed by atoms with Gasteiger partial charge in [0.1, 0.15) is 0 Å². The van der Waals surface area contributed by atoms with Gasteiger partial charge in [-0.15, -0.1) is 0 Å². The zero-order valence-corrected chi connectivity index (χ0v) is 16.3. The maximum atomic E-state index is 12.6. The quantitative estimate of drug-likeness (QED) is 0.632. The second-order valence-corrected chi connectivity index (χ2v) is 8.19. The number of carbonyl (C=O) groups is 1. The first-order valence-corrected chi connectivity index (χ1v) is 10.1. The molecule has 0 unspecified atom stereocenters. The van der Waals surface area contributed by atoms with Crippen LogP contribution in [0.1, 0.15) is 31.9 Å². The number of aromatic nitrogens is 4. The Balaban J connectivity index is 1.36. The molecule has 1 spiro atoms. The van der Waals surface area contributed by atoms with E-state index in [-0.39, 0.29) is 22.8 Å². The fourth-order valence-electron chi connectivity index (χ4n) is 3.66. The number of carbonyl (C=O) groups excluding carboxylic acids is 1. The van der Waals surface area contributed by atoms with Crippen LogP contribution in [0.2, 0.25) is 0 Å². The van der Waals surface area contributed by atoms with Crippen molar-refractivity contribution in [2.24, 2.45) is 0 Å². The molecule has 2 aliphatic heterocycles. The molecule has 4 heterocycles. The average Bonchev–Trinajstić information content (AvgIpc) is 3.03. The normalized spacial score (nSPS) is 19.5. The first-order chi connectivity index (χ1) is 12.9. The Kier molecular flexibility index (Phi) is 4.81. The molecule has 2 aliphatic rings. The summed E-state index contributed by atoms with van der Waals surface area (Å²) >= 11 is 1.29. The van der Waals surface area contributed by atoms with Crippen LogP contribution in [-0.2, 0) is 9.53 Å². The van der Waals surface area contributed by atoms with E-state index in [1.165, 1.54) is 27.9 Å². The van der Waals surface area contributed by atoms with Crippen LogP contribution in [0, 0.1) is 6.92 Å². The van der Waals surface area contributed by atoms with Crippen molar-refractivity contribution >= 4 is 23.4 Å². The lowest BCUT2D eigenvalue weighted by molar-refractivity contribution is -0.133. The Hall–Kier alpha value is -2.13. The van der Waals surface area contributed by atoms with Gasteiger partial charge in [0, 0.05) is 24.8 Å². The zero-order valence-electron chi connectivity index (χ0n) is 15.5. The van der Waals surface area contributed by atoms with Gasteiger partial charge in [-0.3, -0.25) is 14.7 Å². The number of hydrogen-bond donors (Lipinski definition) is 1. The zero-order chi connectivity index (χ0) is 19.0. The van der Waals surface area contributed by atoms with E-state index in [1.54, 1.807) is 6.92 Å². The van der Waals surface area contributed by atoms with E-state index in [2.05, 4.69) is 28.1 Å². The van der Waals surface area contributed by atoms with Crippen molar-refractivity contribution < 1.29 is 9.53 Å². The van der Waals surface area contributed by atoms with Crippen LogP contribution in [-0.4, -0.2) is 61.4 Å². The minimum absolute atomic E-state index is 0.0725. The van der Waals surface area contributed by atoms with Crippen molar-refractivity contribution in [3.8, 4) is 0 Å². The number of likely N-dealkylation sites (tertiary alicyclic amines) is 1. The molecule has 27 heavy (non-hydrogen) atoms. The summed E-state index contributed by atoms with van der Waals surface area (Å²) in [4.78, 5) is 34.9. The van der Waals surface area contributed by atoms with Gasteiger partial charge in [0.25, 0.3) is 11.3 Å². The molecule has 8 nitrogen and oxygen atoms in total. The molecule has 144 valence electrons. The minimum atomic E-state index is -0.208. The lowest BCUT2D eigenvalue weighted by atomic mass is 9.87. The van der Waals surface area contributed by atoms with Crippen LogP contribution < -0.4 is 5.56 Å². The number of thioether (sulfide) groups is 1. The van der Waals surface area contributed by atoms with Crippen LogP contribution in [0.25, 0.3) is 5.78 Å². The maximum Gasteiger partial charge on any atom is 0.274 e. The highest BCUT2D eigenvalue weighted by molar-refractivity contribution is 7.99. The Bertz CT molecular complexity index is 956. The van der Waals surface area contributed by atoms with Gasteiger partial charge < -0.3 is 9.64 Å². The topological polar surface area (TPSA) is 92.6 Å². The number of ether oxygens (including phenoxy) is 1. The van der Waals surface area contributed by atoms with Crippen molar-refractivity contribution in [3.63, 3.8) is 0 Å². The molecule has 9 heteroatoms. The summed E-state index contributed by atoms with van der Waals surface area (Å²) in [7, 11) is 0. The molecule has 0 saturated carbocycles. The molecule has 1 saturated heterocycles. The number of aryl methyl sites for hydroxylation is 1. The standard InChI is InChI=1S/C18H23N5O3S/c1-12-3-8-26-18(10-12)4-6-22(7-5-18)15(25)11-27-17-20-16-19-13(2)9-14(24)23(16)21-17/h9-10H,3-8,11H2,1-2H3,(H,19,20,21). The SMILES string of the molecule is CC1=CC2(CCN(C(=O)CSc3nc4nc(C)cc(=O)n4[nH]3)CC2)OCC1. The lowest BCUT2D eigenvalue weighted by Gasteiger charge is -2.42. The fraction of sp³-hybridized carbons (Fsp3) is 0.556. The third-order valence-corrected chi connectivity index (χ3v) is 5.98. The summed E-state index contributed by atoms with van der Waals surface area (Å²) < 4.78 is 7.31. The minimum Gasteiger partial charge on any atom is -0.370 e. The molecule has 2 aromatic rings. The van der Waals surface area contributed by atoms with Crippen molar-refractivity contribution in [2.75, 3.05) is 25.4 Å². The van der Waals surface area contributed by atoms with Crippen LogP contribution >= 0.6 is 11.8 Å². The molecule has 0 bridgehead atoms. The molecular weight excluding hydrogens is 366 g/mol. The number of H-pyrrole nitrogens is 1. The molecule has 0 atom stereocenters. The summed E-state index contributed by atoms with van der Waals surface area (Å²) in [5, 5.41) is 3.41. The van der Waals surface area contributed by atoms with E-state index < -0.39 is 0 Å². The van der Waals surface area contributed by atoms with Gasteiger partial charge in [0.05, 0.1) is 18.0 Å². The van der Waals surface area contributed by atoms with Gasteiger partial charge in [-0.1, -0.05) is 23.4 Å². The third kappa shape index (κ3) is 3.79. The summed E-state index contributed by atoms with van der Waals surface area (Å²) in [6.07, 6.45) is 4.91. The lowest BCUT2D eigenvalue weighted by Crippen LogP contribution is -2.48. The summed E-state index contributed by atoms with van der Waals surface area (Å²) in [6, 6.07) is 1.44. The van der Waals surface area contributed by atoms with Crippen molar-refractivity contribution in [1.29, 1.82) is 0 Å². The van der Waals surface area contributed by atoms with E-state index in [0.29, 0.717) is 29.7 Å². The first kappa shape index (κ1) is 18.2.